The Balaban J connectivity index is 1.61. The highest BCUT2D eigenvalue weighted by molar-refractivity contribution is 5.98. The molecule has 35 heavy (non-hydrogen) atoms. The van der Waals surface area contributed by atoms with Gasteiger partial charge in [-0.1, -0.05) is 6.07 Å². The van der Waals surface area contributed by atoms with E-state index in [4.69, 9.17) is 14.2 Å². The summed E-state index contributed by atoms with van der Waals surface area (Å²) in [5, 5.41) is 8.99. The van der Waals surface area contributed by atoms with Gasteiger partial charge in [0.2, 0.25) is 0 Å². The van der Waals surface area contributed by atoms with E-state index in [-0.39, 0.29) is 24.6 Å². The van der Waals surface area contributed by atoms with Crippen molar-refractivity contribution in [3.63, 3.8) is 0 Å². The summed E-state index contributed by atoms with van der Waals surface area (Å²) in [4.78, 5) is 27.8. The Bertz CT molecular complexity index is 1110. The van der Waals surface area contributed by atoms with Gasteiger partial charge in [0.25, 0.3) is 0 Å². The molecule has 1 aromatic heterocycles. The molecule has 1 aromatic carbocycles. The number of ketones is 1. The number of likely N-dealkylation sites (tertiary alicyclic amines) is 1. The van der Waals surface area contributed by atoms with Crippen LogP contribution in [0.5, 0.6) is 5.75 Å². The van der Waals surface area contributed by atoms with Crippen LogP contribution in [0.3, 0.4) is 0 Å². The van der Waals surface area contributed by atoms with E-state index in [1.165, 1.54) is 0 Å². The number of piperidine rings is 1. The van der Waals surface area contributed by atoms with Gasteiger partial charge in [-0.2, -0.15) is 0 Å². The molecule has 8 heteroatoms. The van der Waals surface area contributed by atoms with Gasteiger partial charge in [-0.25, -0.2) is 4.79 Å². The number of carbonyl (C=O) groups excluding carboxylic acids is 2. The number of hydrogen-bond donors (Lipinski definition) is 0. The fourth-order valence-corrected chi connectivity index (χ4v) is 4.85. The molecule has 1 amide bonds. The van der Waals surface area contributed by atoms with Crippen LogP contribution in [0.25, 0.3) is 11.3 Å². The van der Waals surface area contributed by atoms with Gasteiger partial charge in [0.1, 0.15) is 22.7 Å². The molecule has 188 valence electrons. The standard InChI is InChI=1S/C27H35N3O5/c1-17-11-12-21(22(14-17)34-16-33-5)23-19-9-6-10-20(19)24(29-28-23)25(31)18-8-7-13-30(15-18)26(32)35-27(2,3)4/h11-12,14,18H,6-10,13,15-16H2,1-5H3/t18-/m1/s1. The van der Waals surface area contributed by atoms with Crippen LogP contribution >= 0.6 is 0 Å². The van der Waals surface area contributed by atoms with E-state index in [9.17, 15) is 9.59 Å². The first kappa shape index (κ1) is 25.1. The molecule has 0 bridgehead atoms. The van der Waals surface area contributed by atoms with Gasteiger partial charge in [0.05, 0.1) is 0 Å². The van der Waals surface area contributed by atoms with Crippen molar-refractivity contribution in [2.75, 3.05) is 27.0 Å². The fraction of sp³-hybridized carbons (Fsp3) is 0.556. The largest absolute Gasteiger partial charge is 0.467 e. The molecule has 2 aliphatic rings. The highest BCUT2D eigenvalue weighted by atomic mass is 16.7. The maximum atomic E-state index is 13.6. The van der Waals surface area contributed by atoms with E-state index in [0.29, 0.717) is 24.5 Å². The maximum absolute atomic E-state index is 13.6. The summed E-state index contributed by atoms with van der Waals surface area (Å²) in [6, 6.07) is 5.97. The summed E-state index contributed by atoms with van der Waals surface area (Å²) >= 11 is 0. The highest BCUT2D eigenvalue weighted by Gasteiger charge is 2.35. The molecule has 4 rings (SSSR count). The first-order valence-corrected chi connectivity index (χ1v) is 12.3. The number of fused-ring (bicyclic) bond motifs is 1. The Morgan fingerprint density at radius 2 is 1.89 bits per heavy atom. The molecule has 2 heterocycles. The minimum atomic E-state index is -0.571. The van der Waals surface area contributed by atoms with Crippen LogP contribution in [0.4, 0.5) is 4.79 Å². The molecule has 0 unspecified atom stereocenters. The number of Topliss-reactive ketones (excluding diaryl/α,β-unsaturated/α-hetero) is 1. The average Bonchev–Trinajstić information content (AvgIpc) is 3.31. The van der Waals surface area contributed by atoms with Gasteiger partial charge in [-0.15, -0.1) is 10.2 Å². The molecule has 1 aliphatic heterocycles. The molecule has 0 N–H and O–H groups in total. The Morgan fingerprint density at radius 3 is 2.63 bits per heavy atom. The Kier molecular flexibility index (Phi) is 7.40. The molecule has 1 fully saturated rings. The van der Waals surface area contributed by atoms with E-state index in [0.717, 1.165) is 60.1 Å². The normalized spacial score (nSPS) is 17.7. The number of ether oxygens (including phenoxy) is 3. The second kappa shape index (κ2) is 10.3. The number of methoxy groups -OCH3 is 1. The van der Waals surface area contributed by atoms with E-state index < -0.39 is 5.60 Å². The third kappa shape index (κ3) is 5.64. The zero-order valence-corrected chi connectivity index (χ0v) is 21.3. The smallest absolute Gasteiger partial charge is 0.410 e. The molecule has 2 aromatic rings. The maximum Gasteiger partial charge on any atom is 0.410 e. The molecule has 1 saturated heterocycles. The number of carbonyl (C=O) groups is 2. The lowest BCUT2D eigenvalue weighted by atomic mass is 9.89. The lowest BCUT2D eigenvalue weighted by Gasteiger charge is -2.33. The van der Waals surface area contributed by atoms with Crippen LogP contribution in [0, 0.1) is 12.8 Å². The van der Waals surface area contributed by atoms with E-state index in [1.54, 1.807) is 12.0 Å². The van der Waals surface area contributed by atoms with E-state index >= 15 is 0 Å². The van der Waals surface area contributed by atoms with Gasteiger partial charge < -0.3 is 19.1 Å². The SMILES string of the molecule is COCOc1cc(C)ccc1-c1nnc(C(=O)[C@@H]2CCCN(C(=O)OC(C)(C)C)C2)c2c1CCC2. The number of benzene rings is 1. The Morgan fingerprint density at radius 1 is 1.11 bits per heavy atom. The average molecular weight is 482 g/mol. The molecule has 0 radical (unpaired) electrons. The lowest BCUT2D eigenvalue weighted by molar-refractivity contribution is 0.0171. The summed E-state index contributed by atoms with van der Waals surface area (Å²) in [5.74, 6) is 0.353. The summed E-state index contributed by atoms with van der Waals surface area (Å²) in [7, 11) is 1.59. The zero-order valence-electron chi connectivity index (χ0n) is 21.3. The summed E-state index contributed by atoms with van der Waals surface area (Å²) in [6.07, 6.45) is 3.69. The third-order valence-electron chi connectivity index (χ3n) is 6.44. The van der Waals surface area contributed by atoms with Crippen molar-refractivity contribution in [3.05, 3.63) is 40.6 Å². The highest BCUT2D eigenvalue weighted by Crippen LogP contribution is 2.38. The second-order valence-corrected chi connectivity index (χ2v) is 10.4. The lowest BCUT2D eigenvalue weighted by Crippen LogP contribution is -2.44. The molecule has 8 nitrogen and oxygen atoms in total. The molecule has 1 atom stereocenters. The number of rotatable bonds is 6. The predicted octanol–water partition coefficient (Wildman–Crippen LogP) is 4.75. The monoisotopic (exact) mass is 481 g/mol. The van der Waals surface area contributed by atoms with Crippen molar-refractivity contribution in [1.82, 2.24) is 15.1 Å². The van der Waals surface area contributed by atoms with Crippen molar-refractivity contribution in [1.29, 1.82) is 0 Å². The number of aromatic nitrogens is 2. The minimum Gasteiger partial charge on any atom is -0.467 e. The molecule has 0 saturated carbocycles. The van der Waals surface area contributed by atoms with Crippen LogP contribution in [0.15, 0.2) is 18.2 Å². The third-order valence-corrected chi connectivity index (χ3v) is 6.44. The second-order valence-electron chi connectivity index (χ2n) is 10.4. The van der Waals surface area contributed by atoms with Crippen LogP contribution < -0.4 is 4.74 Å². The number of aryl methyl sites for hydroxylation is 1. The van der Waals surface area contributed by atoms with E-state index in [1.807, 2.05) is 45.9 Å². The Labute approximate surface area is 207 Å². The molecule has 0 spiro atoms. The van der Waals surface area contributed by atoms with Crippen LogP contribution in [0.2, 0.25) is 0 Å². The quantitative estimate of drug-likeness (QED) is 0.434. The summed E-state index contributed by atoms with van der Waals surface area (Å²) < 4.78 is 16.4. The molecular weight excluding hydrogens is 446 g/mol. The van der Waals surface area contributed by atoms with Crippen LogP contribution in [-0.2, 0) is 22.3 Å². The number of nitrogens with zero attached hydrogens (tertiary/aromatic N) is 3. The summed E-state index contributed by atoms with van der Waals surface area (Å²) in [6.45, 7) is 8.62. The number of hydrogen-bond acceptors (Lipinski definition) is 7. The molecular formula is C27H35N3O5. The van der Waals surface area contributed by atoms with Gasteiger partial charge in [-0.05, 0) is 88.6 Å². The number of amides is 1. The van der Waals surface area contributed by atoms with Crippen molar-refractivity contribution >= 4 is 11.9 Å². The fourth-order valence-electron chi connectivity index (χ4n) is 4.85. The van der Waals surface area contributed by atoms with Gasteiger partial charge in [-0.3, -0.25) is 4.79 Å². The van der Waals surface area contributed by atoms with Gasteiger partial charge in [0.15, 0.2) is 12.6 Å². The van der Waals surface area contributed by atoms with Crippen LogP contribution in [0.1, 0.15) is 67.2 Å². The zero-order chi connectivity index (χ0) is 25.2. The van der Waals surface area contributed by atoms with E-state index in [2.05, 4.69) is 10.2 Å². The minimum absolute atomic E-state index is 0.0322. The molecule has 1 aliphatic carbocycles. The van der Waals surface area contributed by atoms with Crippen molar-refractivity contribution in [2.45, 2.75) is 65.4 Å². The summed E-state index contributed by atoms with van der Waals surface area (Å²) in [5.41, 5.74) is 4.61. The van der Waals surface area contributed by atoms with Crippen molar-refractivity contribution in [2.24, 2.45) is 5.92 Å². The van der Waals surface area contributed by atoms with Gasteiger partial charge in [0, 0.05) is 31.7 Å². The van der Waals surface area contributed by atoms with Gasteiger partial charge >= 0.3 is 6.09 Å². The first-order valence-electron chi connectivity index (χ1n) is 12.3. The predicted molar refractivity (Wildman–Crippen MR) is 132 cm³/mol. The first-order chi connectivity index (χ1) is 16.7. The van der Waals surface area contributed by atoms with Crippen molar-refractivity contribution in [3.8, 4) is 17.0 Å². The van der Waals surface area contributed by atoms with Crippen molar-refractivity contribution < 1.29 is 23.8 Å². The Hall–Kier alpha value is -3.00. The van der Waals surface area contributed by atoms with Crippen LogP contribution in [-0.4, -0.2) is 59.6 Å². The topological polar surface area (TPSA) is 90.9 Å².